The molecule has 0 aliphatic heterocycles. The van der Waals surface area contributed by atoms with Gasteiger partial charge in [-0.2, -0.15) is 0 Å². The van der Waals surface area contributed by atoms with Crippen molar-refractivity contribution in [1.82, 2.24) is 0 Å². The van der Waals surface area contributed by atoms with E-state index in [1.54, 1.807) is 11.1 Å². The van der Waals surface area contributed by atoms with E-state index >= 15 is 0 Å². The van der Waals surface area contributed by atoms with Crippen LogP contribution in [0.4, 0.5) is 0 Å². The van der Waals surface area contributed by atoms with Crippen molar-refractivity contribution in [2.75, 3.05) is 0 Å². The first-order valence-electron chi connectivity index (χ1n) is 15.8. The van der Waals surface area contributed by atoms with Gasteiger partial charge < -0.3 is 0 Å². The van der Waals surface area contributed by atoms with Crippen molar-refractivity contribution in [3.8, 4) is 11.1 Å². The van der Waals surface area contributed by atoms with Gasteiger partial charge in [0, 0.05) is 0 Å². The van der Waals surface area contributed by atoms with Crippen molar-refractivity contribution in [3.05, 3.63) is 131 Å². The molecule has 4 aromatic rings. The summed E-state index contributed by atoms with van der Waals surface area (Å²) in [5.41, 5.74) is 11.8. The molecular weight excluding hydrogens is 587 g/mol. The molecule has 40 heavy (non-hydrogen) atoms. The molecule has 4 aromatic carbocycles. The van der Waals surface area contributed by atoms with Crippen LogP contribution in [-0.4, -0.2) is 18.4 Å². The van der Waals surface area contributed by atoms with Crippen LogP contribution < -0.4 is 0 Å². The Bertz CT molecular complexity index is 1440. The van der Waals surface area contributed by atoms with Gasteiger partial charge in [0.2, 0.25) is 0 Å². The Labute approximate surface area is 246 Å². The molecule has 0 N–H and O–H groups in total. The summed E-state index contributed by atoms with van der Waals surface area (Å²) in [4.78, 5) is 0. The molecule has 2 aliphatic carbocycles. The van der Waals surface area contributed by atoms with Crippen molar-refractivity contribution in [3.63, 3.8) is 0 Å². The van der Waals surface area contributed by atoms with Crippen LogP contribution in [0.5, 0.6) is 0 Å². The summed E-state index contributed by atoms with van der Waals surface area (Å²) >= 11 is -2.93. The molecular formula is C39H44Sn. The van der Waals surface area contributed by atoms with E-state index in [4.69, 9.17) is 0 Å². The summed E-state index contributed by atoms with van der Waals surface area (Å²) < 4.78 is 6.29. The molecule has 1 heteroatoms. The monoisotopic (exact) mass is 632 g/mol. The predicted octanol–water partition coefficient (Wildman–Crippen LogP) is 11.3. The van der Waals surface area contributed by atoms with E-state index in [0.717, 1.165) is 0 Å². The second-order valence-electron chi connectivity index (χ2n) is 12.1. The molecule has 1 spiro atoms. The van der Waals surface area contributed by atoms with Crippen molar-refractivity contribution >= 4 is 27.5 Å². The summed E-state index contributed by atoms with van der Waals surface area (Å²) in [7, 11) is 0. The average Bonchev–Trinajstić information content (AvgIpc) is 3.49. The van der Waals surface area contributed by atoms with Crippen molar-refractivity contribution in [1.29, 1.82) is 0 Å². The molecule has 0 unspecified atom stereocenters. The Hall–Kier alpha value is -2.58. The Kier molecular flexibility index (Phi) is 8.09. The van der Waals surface area contributed by atoms with Crippen LogP contribution in [0.25, 0.3) is 20.3 Å². The van der Waals surface area contributed by atoms with Crippen LogP contribution in [-0.2, 0) is 5.41 Å². The number of unbranched alkanes of at least 4 members (excludes halogenated alkanes) is 3. The summed E-state index contributed by atoms with van der Waals surface area (Å²) in [6, 6.07) is 39.8. The average molecular weight is 631 g/mol. The number of rotatable bonds is 11. The fraction of sp³-hybridized carbons (Fsp3) is 0.333. The zero-order valence-corrected chi connectivity index (χ0v) is 27.5. The van der Waals surface area contributed by atoms with Crippen molar-refractivity contribution in [2.45, 2.75) is 78.0 Å². The van der Waals surface area contributed by atoms with Crippen molar-refractivity contribution in [2.24, 2.45) is 0 Å². The van der Waals surface area contributed by atoms with Gasteiger partial charge in [-0.3, -0.25) is 0 Å². The van der Waals surface area contributed by atoms with E-state index in [-0.39, 0.29) is 5.41 Å². The number of allylic oxidation sites excluding steroid dienone is 1. The van der Waals surface area contributed by atoms with Crippen LogP contribution >= 0.6 is 0 Å². The SMILES string of the molecule is CCC[CH2][Sn]([CH2]CCC)([CH2]CCC)[C]1=C(c2ccccc2)C2(c3ccccc31)c1ccccc1-c1ccccc12. The zero-order chi connectivity index (χ0) is 27.6. The third-order valence-electron chi connectivity index (χ3n) is 9.80. The van der Waals surface area contributed by atoms with Gasteiger partial charge in [0.05, 0.1) is 0 Å². The summed E-state index contributed by atoms with van der Waals surface area (Å²) in [5, 5.41) is 0. The van der Waals surface area contributed by atoms with E-state index in [1.807, 2.05) is 3.59 Å². The fourth-order valence-electron chi connectivity index (χ4n) is 8.09. The fourth-order valence-corrected chi connectivity index (χ4v) is 25.9. The maximum absolute atomic E-state index is 2.93. The van der Waals surface area contributed by atoms with E-state index < -0.39 is 18.4 Å². The van der Waals surface area contributed by atoms with Crippen LogP contribution in [0.2, 0.25) is 13.3 Å². The molecule has 0 nitrogen and oxygen atoms in total. The van der Waals surface area contributed by atoms with Gasteiger partial charge in [-0.15, -0.1) is 0 Å². The quantitative estimate of drug-likeness (QED) is 0.145. The first-order valence-corrected chi connectivity index (χ1v) is 23.3. The summed E-state index contributed by atoms with van der Waals surface area (Å²) in [5.74, 6) is 0. The zero-order valence-electron chi connectivity index (χ0n) is 24.7. The molecule has 0 radical (unpaired) electrons. The second kappa shape index (κ2) is 11.7. The minimum absolute atomic E-state index is 0.243. The number of fused-ring (bicyclic) bond motifs is 7. The van der Waals surface area contributed by atoms with Gasteiger partial charge in [-0.25, -0.2) is 0 Å². The molecule has 0 bridgehead atoms. The van der Waals surface area contributed by atoms with Crippen LogP contribution in [0.15, 0.2) is 103 Å². The van der Waals surface area contributed by atoms with E-state index in [0.29, 0.717) is 0 Å². The van der Waals surface area contributed by atoms with Gasteiger partial charge in [0.1, 0.15) is 0 Å². The third kappa shape index (κ3) is 4.25. The van der Waals surface area contributed by atoms with Gasteiger partial charge >= 0.3 is 248 Å². The molecule has 2 aliphatic rings. The molecule has 0 saturated heterocycles. The minimum atomic E-state index is -2.93. The predicted molar refractivity (Wildman–Crippen MR) is 176 cm³/mol. The first kappa shape index (κ1) is 27.6. The Morgan fingerprint density at radius 2 is 0.875 bits per heavy atom. The molecule has 6 rings (SSSR count). The summed E-state index contributed by atoms with van der Waals surface area (Å²) in [6.45, 7) is 7.20. The summed E-state index contributed by atoms with van der Waals surface area (Å²) in [6.07, 6.45) is 8.00. The topological polar surface area (TPSA) is 0 Å². The van der Waals surface area contributed by atoms with Crippen LogP contribution in [0.1, 0.15) is 87.1 Å². The Balaban J connectivity index is 1.79. The van der Waals surface area contributed by atoms with Crippen molar-refractivity contribution < 1.29 is 0 Å². The van der Waals surface area contributed by atoms with Gasteiger partial charge in [0.15, 0.2) is 0 Å². The Morgan fingerprint density at radius 1 is 0.475 bits per heavy atom. The molecule has 0 atom stereocenters. The van der Waals surface area contributed by atoms with Gasteiger partial charge in [-0.1, -0.05) is 0 Å². The molecule has 0 aromatic heterocycles. The standard InChI is InChI=1S/C27H17.3C4H9.Sn/c1-2-10-19(11-3-1)26-18-20-12-4-7-15-23(20)27(26)24-16-8-5-13-21(24)22-14-6-9-17-25(22)27;3*1-3-4-2;/h1-17H;3*1,3-4H2,2H3;. The molecule has 204 valence electrons. The number of hydrogen-bond acceptors (Lipinski definition) is 0. The van der Waals surface area contributed by atoms with Crippen LogP contribution in [0, 0.1) is 0 Å². The second-order valence-corrected chi connectivity index (χ2v) is 25.1. The first-order chi connectivity index (χ1) is 19.7. The molecule has 0 fully saturated rings. The number of benzene rings is 4. The molecule has 0 amide bonds. The third-order valence-corrected chi connectivity index (χ3v) is 25.5. The normalized spacial score (nSPS) is 14.9. The van der Waals surface area contributed by atoms with Crippen LogP contribution in [0.3, 0.4) is 0 Å². The molecule has 0 saturated carbocycles. The maximum atomic E-state index is 2.52. The molecule has 0 heterocycles. The van der Waals surface area contributed by atoms with E-state index in [2.05, 4.69) is 124 Å². The Morgan fingerprint density at radius 3 is 1.35 bits per heavy atom. The number of hydrogen-bond donors (Lipinski definition) is 0. The van der Waals surface area contributed by atoms with Gasteiger partial charge in [-0.05, 0) is 0 Å². The van der Waals surface area contributed by atoms with E-state index in [9.17, 15) is 0 Å². The van der Waals surface area contributed by atoms with Gasteiger partial charge in [0.25, 0.3) is 0 Å². The van der Waals surface area contributed by atoms with E-state index in [1.165, 1.54) is 85.2 Å².